The summed E-state index contributed by atoms with van der Waals surface area (Å²) < 4.78 is 13.8. The van der Waals surface area contributed by atoms with Crippen molar-refractivity contribution in [3.63, 3.8) is 0 Å². The van der Waals surface area contributed by atoms with Crippen LogP contribution in [0.5, 0.6) is 0 Å². The average Bonchev–Trinajstić information content (AvgIpc) is 2.67. The van der Waals surface area contributed by atoms with E-state index in [4.69, 9.17) is 0 Å². The van der Waals surface area contributed by atoms with Crippen LogP contribution in [-0.4, -0.2) is 52.8 Å². The van der Waals surface area contributed by atoms with Crippen LogP contribution in [0.1, 0.15) is 33.2 Å². The lowest BCUT2D eigenvalue weighted by atomic mass is 10.1. The number of carbonyl (C=O) groups excluding carboxylic acids is 2. The zero-order chi connectivity index (χ0) is 17.8. The number of aryl methyl sites for hydroxylation is 1. The van der Waals surface area contributed by atoms with Crippen LogP contribution >= 0.6 is 0 Å². The number of amides is 2. The summed E-state index contributed by atoms with van der Waals surface area (Å²) in [7, 11) is 0. The molecule has 25 heavy (non-hydrogen) atoms. The molecule has 1 aromatic heterocycles. The Morgan fingerprint density at radius 1 is 1.00 bits per heavy atom. The van der Waals surface area contributed by atoms with E-state index in [1.54, 1.807) is 40.4 Å². The molecule has 0 saturated carbocycles. The molecule has 130 valence electrons. The Hall–Kier alpha value is -2.76. The summed E-state index contributed by atoms with van der Waals surface area (Å²) in [5.74, 6) is -0.893. The predicted octanol–water partition coefficient (Wildman–Crippen LogP) is 2.38. The summed E-state index contributed by atoms with van der Waals surface area (Å²) in [5.41, 5.74) is 1.65. The molecule has 0 radical (unpaired) electrons. The second-order valence-corrected chi connectivity index (χ2v) is 5.95. The SMILES string of the molecule is CCc1cnccc1C(=O)N1CCN(C(=O)c2ccccc2F)CC1. The van der Waals surface area contributed by atoms with Gasteiger partial charge in [-0.3, -0.25) is 14.6 Å². The highest BCUT2D eigenvalue weighted by molar-refractivity contribution is 5.96. The molecule has 3 rings (SSSR count). The normalized spacial score (nSPS) is 14.5. The third-order valence-corrected chi connectivity index (χ3v) is 4.47. The van der Waals surface area contributed by atoms with Gasteiger partial charge in [0.15, 0.2) is 0 Å². The minimum Gasteiger partial charge on any atom is -0.335 e. The van der Waals surface area contributed by atoms with E-state index < -0.39 is 5.82 Å². The quantitative estimate of drug-likeness (QED) is 0.861. The maximum absolute atomic E-state index is 13.8. The number of piperazine rings is 1. The number of carbonyl (C=O) groups is 2. The summed E-state index contributed by atoms with van der Waals surface area (Å²) >= 11 is 0. The molecule has 2 aromatic rings. The van der Waals surface area contributed by atoms with Crippen molar-refractivity contribution in [1.82, 2.24) is 14.8 Å². The van der Waals surface area contributed by atoms with E-state index in [1.165, 1.54) is 12.1 Å². The molecule has 2 heterocycles. The lowest BCUT2D eigenvalue weighted by molar-refractivity contribution is 0.0532. The van der Waals surface area contributed by atoms with E-state index in [0.717, 1.165) is 12.0 Å². The van der Waals surface area contributed by atoms with Crippen molar-refractivity contribution >= 4 is 11.8 Å². The summed E-state index contributed by atoms with van der Waals surface area (Å²) in [4.78, 5) is 32.5. The first kappa shape index (κ1) is 17.1. The van der Waals surface area contributed by atoms with Crippen LogP contribution in [0.15, 0.2) is 42.7 Å². The van der Waals surface area contributed by atoms with E-state index in [-0.39, 0.29) is 17.4 Å². The number of halogens is 1. The van der Waals surface area contributed by atoms with Gasteiger partial charge in [-0.15, -0.1) is 0 Å². The smallest absolute Gasteiger partial charge is 0.256 e. The Labute approximate surface area is 146 Å². The molecule has 6 heteroatoms. The molecule has 1 fully saturated rings. The van der Waals surface area contributed by atoms with E-state index in [9.17, 15) is 14.0 Å². The van der Waals surface area contributed by atoms with Crippen LogP contribution in [0.3, 0.4) is 0 Å². The van der Waals surface area contributed by atoms with Gasteiger partial charge in [0.2, 0.25) is 0 Å². The molecule has 0 atom stereocenters. The highest BCUT2D eigenvalue weighted by atomic mass is 19.1. The number of rotatable bonds is 3. The molecule has 1 aromatic carbocycles. The van der Waals surface area contributed by atoms with E-state index >= 15 is 0 Å². The Balaban J connectivity index is 1.67. The molecule has 2 amide bonds. The zero-order valence-electron chi connectivity index (χ0n) is 14.1. The zero-order valence-corrected chi connectivity index (χ0v) is 14.1. The fourth-order valence-corrected chi connectivity index (χ4v) is 3.01. The Kier molecular flexibility index (Phi) is 5.07. The maximum Gasteiger partial charge on any atom is 0.256 e. The van der Waals surface area contributed by atoms with E-state index in [1.807, 2.05) is 6.92 Å². The van der Waals surface area contributed by atoms with Gasteiger partial charge in [0.25, 0.3) is 11.8 Å². The van der Waals surface area contributed by atoms with Crippen molar-refractivity contribution in [1.29, 1.82) is 0 Å². The lowest BCUT2D eigenvalue weighted by Gasteiger charge is -2.35. The molecule has 1 aliphatic heterocycles. The van der Waals surface area contributed by atoms with Crippen LogP contribution in [0.25, 0.3) is 0 Å². The number of aromatic nitrogens is 1. The largest absolute Gasteiger partial charge is 0.335 e. The maximum atomic E-state index is 13.8. The number of hydrogen-bond donors (Lipinski definition) is 0. The van der Waals surface area contributed by atoms with Gasteiger partial charge in [-0.25, -0.2) is 4.39 Å². The third-order valence-electron chi connectivity index (χ3n) is 4.47. The lowest BCUT2D eigenvalue weighted by Crippen LogP contribution is -2.50. The molecule has 0 unspecified atom stereocenters. The van der Waals surface area contributed by atoms with Crippen LogP contribution in [0, 0.1) is 5.82 Å². The standard InChI is InChI=1S/C19H20FN3O2/c1-2-14-13-21-8-7-15(14)18(24)22-9-11-23(12-10-22)19(25)16-5-3-4-6-17(16)20/h3-8,13H,2,9-12H2,1H3. The van der Waals surface area contributed by atoms with Gasteiger partial charge in [0.1, 0.15) is 5.82 Å². The van der Waals surface area contributed by atoms with Crippen molar-refractivity contribution in [3.05, 3.63) is 65.2 Å². The molecular weight excluding hydrogens is 321 g/mol. The van der Waals surface area contributed by atoms with Crippen molar-refractivity contribution in [2.24, 2.45) is 0 Å². The van der Waals surface area contributed by atoms with Gasteiger partial charge in [-0.1, -0.05) is 19.1 Å². The summed E-state index contributed by atoms with van der Waals surface area (Å²) in [6.45, 7) is 3.64. The minimum atomic E-state index is -0.518. The van der Waals surface area contributed by atoms with Crippen molar-refractivity contribution in [3.8, 4) is 0 Å². The molecule has 0 bridgehead atoms. The van der Waals surface area contributed by atoms with E-state index in [0.29, 0.717) is 31.7 Å². The highest BCUT2D eigenvalue weighted by Gasteiger charge is 2.27. The van der Waals surface area contributed by atoms with Crippen LogP contribution in [-0.2, 0) is 6.42 Å². The molecular formula is C19H20FN3O2. The Morgan fingerprint density at radius 3 is 2.20 bits per heavy atom. The predicted molar refractivity (Wildman–Crippen MR) is 91.8 cm³/mol. The van der Waals surface area contributed by atoms with Crippen molar-refractivity contribution in [2.45, 2.75) is 13.3 Å². The van der Waals surface area contributed by atoms with Gasteiger partial charge in [0.05, 0.1) is 5.56 Å². The average molecular weight is 341 g/mol. The van der Waals surface area contributed by atoms with E-state index in [2.05, 4.69) is 4.98 Å². The summed E-state index contributed by atoms with van der Waals surface area (Å²) in [6.07, 6.45) is 4.07. The topological polar surface area (TPSA) is 53.5 Å². The molecule has 1 saturated heterocycles. The molecule has 1 aliphatic rings. The van der Waals surface area contributed by atoms with Crippen molar-refractivity contribution < 1.29 is 14.0 Å². The first-order chi connectivity index (χ1) is 12.1. The molecule has 0 spiro atoms. The second kappa shape index (κ2) is 7.42. The van der Waals surface area contributed by atoms with Gasteiger partial charge >= 0.3 is 0 Å². The first-order valence-electron chi connectivity index (χ1n) is 8.37. The fraction of sp³-hybridized carbons (Fsp3) is 0.316. The Morgan fingerprint density at radius 2 is 1.60 bits per heavy atom. The minimum absolute atomic E-state index is 0.0442. The van der Waals surface area contributed by atoms with Gasteiger partial charge < -0.3 is 9.80 Å². The summed E-state index contributed by atoms with van der Waals surface area (Å²) in [5, 5.41) is 0. The molecule has 0 N–H and O–H groups in total. The Bertz CT molecular complexity index is 786. The second-order valence-electron chi connectivity index (χ2n) is 5.95. The first-order valence-corrected chi connectivity index (χ1v) is 8.37. The van der Waals surface area contributed by atoms with Gasteiger partial charge in [-0.2, -0.15) is 0 Å². The number of nitrogens with zero attached hydrogens (tertiary/aromatic N) is 3. The van der Waals surface area contributed by atoms with Gasteiger partial charge in [-0.05, 0) is 30.2 Å². The number of pyridine rings is 1. The van der Waals surface area contributed by atoms with Crippen LogP contribution in [0.2, 0.25) is 0 Å². The van der Waals surface area contributed by atoms with Crippen LogP contribution in [0.4, 0.5) is 4.39 Å². The fourth-order valence-electron chi connectivity index (χ4n) is 3.01. The number of hydrogen-bond acceptors (Lipinski definition) is 3. The molecule has 5 nitrogen and oxygen atoms in total. The van der Waals surface area contributed by atoms with Gasteiger partial charge in [0, 0.05) is 44.1 Å². The highest BCUT2D eigenvalue weighted by Crippen LogP contribution is 2.16. The molecule has 0 aliphatic carbocycles. The monoisotopic (exact) mass is 341 g/mol. The van der Waals surface area contributed by atoms with Crippen LogP contribution < -0.4 is 0 Å². The third kappa shape index (κ3) is 3.52. The summed E-state index contributed by atoms with van der Waals surface area (Å²) in [6, 6.07) is 7.70. The van der Waals surface area contributed by atoms with Crippen molar-refractivity contribution in [2.75, 3.05) is 26.2 Å². The number of benzene rings is 1.